The predicted octanol–water partition coefficient (Wildman–Crippen LogP) is 18.8. The molecule has 4 amide bonds. The Morgan fingerprint density at radius 3 is 0.805 bits per heavy atom. The van der Waals surface area contributed by atoms with Crippen molar-refractivity contribution in [2.75, 3.05) is 39.3 Å². The van der Waals surface area contributed by atoms with Gasteiger partial charge in [-0.25, -0.2) is 49.1 Å². The topological polar surface area (TPSA) is 438 Å². The van der Waals surface area contributed by atoms with E-state index in [1.54, 1.807) is 27.7 Å². The molecule has 0 saturated carbocycles. The third-order valence-corrected chi connectivity index (χ3v) is 28.5. The van der Waals surface area contributed by atoms with Gasteiger partial charge in [-0.1, -0.05) is 262 Å². The highest BCUT2D eigenvalue weighted by Crippen LogP contribution is 2.40. The quantitative estimate of drug-likeness (QED) is 0.0194. The van der Waals surface area contributed by atoms with Crippen LogP contribution in [0.15, 0.2) is 243 Å². The maximum Gasteiger partial charge on any atom is 0.408 e. The summed E-state index contributed by atoms with van der Waals surface area (Å²) in [4.78, 5) is 128. The number of likely N-dealkylation sites (tertiary alicyclic amines) is 2. The molecule has 32 nitrogen and oxygen atoms in total. The van der Waals surface area contributed by atoms with Crippen molar-refractivity contribution in [1.82, 2.24) is 100.0 Å². The van der Waals surface area contributed by atoms with Gasteiger partial charge >= 0.3 is 24.1 Å². The van der Waals surface area contributed by atoms with Crippen LogP contribution in [-0.4, -0.2) is 218 Å². The number of amides is 4. The van der Waals surface area contributed by atoms with Crippen LogP contribution in [0.3, 0.4) is 0 Å². The van der Waals surface area contributed by atoms with Gasteiger partial charge < -0.3 is 101 Å². The van der Waals surface area contributed by atoms with Crippen LogP contribution in [0.25, 0.3) is 101 Å². The number of rotatable bonds is 29. The lowest BCUT2D eigenvalue weighted by Gasteiger charge is -2.27. The number of H-pyrrole nitrogens is 6. The van der Waals surface area contributed by atoms with Crippen LogP contribution < -0.4 is 27.4 Å². The number of hydrogen-bond donors (Lipinski definition) is 13. The third kappa shape index (κ3) is 27.3. The molecule has 6 aliphatic heterocycles. The summed E-state index contributed by atoms with van der Waals surface area (Å²) >= 11 is 0. The normalized spacial score (nSPS) is 18.5. The van der Waals surface area contributed by atoms with E-state index in [4.69, 9.17) is 55.1 Å². The van der Waals surface area contributed by atoms with Crippen molar-refractivity contribution < 1.29 is 48.5 Å². The molecule has 8 aromatic carbocycles. The Hall–Kier alpha value is -14.6. The molecule has 149 heavy (non-hydrogen) atoms. The highest BCUT2D eigenvalue weighted by Gasteiger charge is 2.39. The molecular weight excluding hydrogens is 1870 g/mol. The number of ether oxygens (including phenoxy) is 2. The number of benzene rings is 8. The maximum absolute atomic E-state index is 12.9. The molecule has 768 valence electrons. The molecule has 0 bridgehead atoms. The number of imidazole rings is 6. The average molecular weight is 2000 g/mol. The predicted molar refractivity (Wildman–Crippen MR) is 579 cm³/mol. The lowest BCUT2D eigenvalue weighted by molar-refractivity contribution is -0.141. The smallest absolute Gasteiger partial charge is 0.408 e. The largest absolute Gasteiger partial charge is 0.480 e. The van der Waals surface area contributed by atoms with Gasteiger partial charge in [0.25, 0.3) is 0 Å². The summed E-state index contributed by atoms with van der Waals surface area (Å²) in [5.41, 5.74) is 33.6. The molecule has 6 radical (unpaired) electrons. The number of carbonyl (C=O) groups excluding carboxylic acids is 4. The first kappa shape index (κ1) is 107. The number of alkyl carbamates (subject to hydrolysis) is 2. The standard InChI is InChI=1S/2C31H36BN7O.C26H27BN6.2C13H17NO4/c2*1-19(2)28(33)31(40)38-15-3-5-26(38)29-34-17-24(36-29)22-11-7-20(8-12-22)21-9-13-23(14-10-21)25-18-35-30(37-25)27-6-4-16-39(27)32;27-33-14-2-4-24(33)26-30-16-23(32-26)20-11-7-18(8-12-20)17-5-9-19(10-6-17)22-15-29-25(31-22)21-3-1-13-28-21;2*1-9(2)11(12(15)16)14-13(17)18-8-10-6-4-3-5-7-10/h2*7-14,17-19,26-28H,3-6,15-16,33H2,1-2H3,(H,34,36)(H,35,37);5-12,15-16,21,24,28H,1-4,13-14H2,(H,29,31)(H,30,32);2*3-7,9,11H,8H2,1-2H3,(H,14,17)(H,15,16)/t26-,27-,28+;26-,27-,28-;21-,24-;2*11-/m00010/s1. The zero-order valence-electron chi connectivity index (χ0n) is 85.8. The SMILES string of the molecule is CC(C)[C@@H](NC(=O)OCc1ccccc1)C(=O)O.CC(C)[C@H](NC(=O)OCc1ccccc1)C(=O)O.[B]N1CCC[C@H]1c1ncc(-c2ccc(-c3ccc(-c4cnc([C@@H]5CCCN5)[nH]4)cc3)cc2)[nH]1.[B]N1CCC[C@H]1c1ncc(-c2ccc(-c3ccc(-c4cnc([C@@H]5CCCN5C(=O)[C@@H](N)C(C)C)[nH]4)cc3)cc2)[nH]1.[B]N1CCC[C@H]1c1ncc(-c2ccc(-c3ccc(-c4cnc([C@@H]5CCCN5C(=O)[C@H](N)C(C)C)[nH]4)cc3)cc2)[nH]1. The van der Waals surface area contributed by atoms with E-state index in [9.17, 15) is 28.8 Å². The number of nitrogens with zero attached hydrogens (tertiary/aromatic N) is 11. The Balaban J connectivity index is 0.000000138. The second-order valence-electron chi connectivity index (χ2n) is 40.3. The number of aromatic nitrogens is 12. The number of nitrogens with two attached hydrogens (primary N) is 2. The van der Waals surface area contributed by atoms with Crippen LogP contribution in [0.2, 0.25) is 0 Å². The van der Waals surface area contributed by atoms with Gasteiger partial charge in [-0.3, -0.25) is 9.59 Å². The minimum Gasteiger partial charge on any atom is -0.480 e. The molecule has 6 saturated heterocycles. The number of nitrogens with one attached hydrogen (secondary N) is 9. The van der Waals surface area contributed by atoms with Crippen molar-refractivity contribution in [3.63, 3.8) is 0 Å². The van der Waals surface area contributed by atoms with Crippen molar-refractivity contribution in [2.45, 2.75) is 206 Å². The molecule has 15 N–H and O–H groups in total. The van der Waals surface area contributed by atoms with Gasteiger partial charge in [-0.2, -0.15) is 0 Å². The summed E-state index contributed by atoms with van der Waals surface area (Å²) in [7, 11) is 18.3. The van der Waals surface area contributed by atoms with E-state index < -0.39 is 48.3 Å². The molecule has 6 aromatic heterocycles. The van der Waals surface area contributed by atoms with E-state index in [1.807, 2.05) is 150 Å². The fraction of sp³-hybridized carbons (Fsp3) is 0.368. The van der Waals surface area contributed by atoms with E-state index in [-0.39, 0.29) is 78.9 Å². The first-order chi connectivity index (χ1) is 72.0. The molecular formula is C114H133B3N22O10. The van der Waals surface area contributed by atoms with E-state index in [2.05, 4.69) is 221 Å². The molecule has 0 unspecified atom stereocenters. The van der Waals surface area contributed by atoms with E-state index in [1.165, 1.54) is 17.5 Å². The van der Waals surface area contributed by atoms with Crippen LogP contribution in [-0.2, 0) is 41.9 Å². The molecule has 35 heteroatoms. The minimum atomic E-state index is -1.07. The Morgan fingerprint density at radius 2 is 0.570 bits per heavy atom. The number of aliphatic carboxylic acids is 2. The molecule has 12 heterocycles. The van der Waals surface area contributed by atoms with Crippen molar-refractivity contribution >= 4 is 59.9 Å². The molecule has 0 aliphatic carbocycles. The van der Waals surface area contributed by atoms with Gasteiger partial charge in [-0.05, 0) is 205 Å². The van der Waals surface area contributed by atoms with Gasteiger partial charge in [-0.15, -0.1) is 0 Å². The number of carbonyl (C=O) groups is 6. The van der Waals surface area contributed by atoms with Gasteiger partial charge in [0.2, 0.25) is 11.8 Å². The van der Waals surface area contributed by atoms with E-state index in [0.29, 0.717) is 6.04 Å². The lowest BCUT2D eigenvalue weighted by atomic mass is 10.0. The highest BCUT2D eigenvalue weighted by molar-refractivity contribution is 6.05. The fourth-order valence-corrected chi connectivity index (χ4v) is 19.5. The lowest BCUT2D eigenvalue weighted by Crippen LogP contribution is -2.46. The zero-order chi connectivity index (χ0) is 105. The van der Waals surface area contributed by atoms with Crippen molar-refractivity contribution in [3.8, 4) is 101 Å². The molecule has 6 fully saturated rings. The second-order valence-corrected chi connectivity index (χ2v) is 40.3. The van der Waals surface area contributed by atoms with Gasteiger partial charge in [0.1, 0.15) is 60.2 Å². The first-order valence-corrected chi connectivity index (χ1v) is 51.8. The van der Waals surface area contributed by atoms with Crippen LogP contribution in [0.4, 0.5) is 9.59 Å². The number of aromatic amines is 6. The summed E-state index contributed by atoms with van der Waals surface area (Å²) in [6, 6.07) is 67.5. The summed E-state index contributed by atoms with van der Waals surface area (Å²) < 4.78 is 9.89. The second kappa shape index (κ2) is 50.4. The third-order valence-electron chi connectivity index (χ3n) is 28.5. The van der Waals surface area contributed by atoms with Gasteiger partial charge in [0.15, 0.2) is 23.9 Å². The molecule has 6 aliphatic rings. The molecule has 10 atom stereocenters. The minimum absolute atomic E-state index is 0.00908. The Bertz CT molecular complexity index is 6410. The van der Waals surface area contributed by atoms with E-state index >= 15 is 0 Å². The fourth-order valence-electron chi connectivity index (χ4n) is 19.5. The summed E-state index contributed by atoms with van der Waals surface area (Å²) in [6.07, 6.45) is 22.4. The van der Waals surface area contributed by atoms with Crippen molar-refractivity contribution in [2.24, 2.45) is 35.1 Å². The zero-order valence-corrected chi connectivity index (χ0v) is 85.8. The number of carboxylic acid groups (broad SMARTS) is 2. The Morgan fingerprint density at radius 1 is 0.329 bits per heavy atom. The maximum atomic E-state index is 12.9. The van der Waals surface area contributed by atoms with Gasteiger partial charge in [0, 0.05) is 13.1 Å². The summed E-state index contributed by atoms with van der Waals surface area (Å²) in [5, 5.41) is 26.0. The van der Waals surface area contributed by atoms with E-state index in [0.717, 1.165) is 246 Å². The Kier molecular flexibility index (Phi) is 36.2. The number of hydrogen-bond acceptors (Lipinski definition) is 20. The van der Waals surface area contributed by atoms with Crippen LogP contribution >= 0.6 is 0 Å². The van der Waals surface area contributed by atoms with Crippen molar-refractivity contribution in [3.05, 3.63) is 290 Å². The van der Waals surface area contributed by atoms with Crippen LogP contribution in [0.5, 0.6) is 0 Å². The van der Waals surface area contributed by atoms with Crippen molar-refractivity contribution in [1.29, 1.82) is 0 Å². The Labute approximate surface area is 874 Å². The van der Waals surface area contributed by atoms with Crippen LogP contribution in [0, 0.1) is 23.7 Å². The van der Waals surface area contributed by atoms with Crippen LogP contribution in [0.1, 0.15) is 215 Å². The van der Waals surface area contributed by atoms with Gasteiger partial charge in [0.05, 0.1) is 120 Å². The number of carboxylic acids is 2. The molecule has 0 spiro atoms. The molecule has 14 aromatic rings. The summed E-state index contributed by atoms with van der Waals surface area (Å²) in [5.74, 6) is 3.20. The highest BCUT2D eigenvalue weighted by atomic mass is 16.6. The summed E-state index contributed by atoms with van der Waals surface area (Å²) in [6.45, 7) is 20.3. The monoisotopic (exact) mass is 2000 g/mol. The first-order valence-electron chi connectivity index (χ1n) is 51.8. The average Bonchev–Trinajstić information content (AvgIpc) is 1.65. The molecule has 20 rings (SSSR count).